The minimum atomic E-state index is 0.0394. The molecule has 0 radical (unpaired) electrons. The lowest BCUT2D eigenvalue weighted by Gasteiger charge is -2.10. The second kappa shape index (κ2) is 6.45. The van der Waals surface area contributed by atoms with Gasteiger partial charge in [0.1, 0.15) is 6.33 Å². The number of carbonyl (C=O) groups excluding carboxylic acids is 1. The normalized spacial score (nSPS) is 17.8. The molecule has 1 aromatic heterocycles. The lowest BCUT2D eigenvalue weighted by molar-refractivity contribution is -0.116. The fourth-order valence-electron chi connectivity index (χ4n) is 2.54. The number of anilines is 1. The van der Waals surface area contributed by atoms with Gasteiger partial charge in [-0.25, -0.2) is 4.68 Å². The summed E-state index contributed by atoms with van der Waals surface area (Å²) < 4.78 is 1.55. The Balaban J connectivity index is 1.56. The van der Waals surface area contributed by atoms with E-state index in [1.807, 2.05) is 24.3 Å². The molecule has 1 aliphatic heterocycles. The minimum Gasteiger partial charge on any atom is -0.326 e. The van der Waals surface area contributed by atoms with Gasteiger partial charge in [-0.3, -0.25) is 4.79 Å². The first-order valence-corrected chi connectivity index (χ1v) is 7.18. The number of nitrogens with zero attached hydrogens (tertiary/aromatic N) is 4. The first-order chi connectivity index (χ1) is 10.3. The number of aromatic nitrogens is 4. The van der Waals surface area contributed by atoms with Crippen molar-refractivity contribution in [2.75, 3.05) is 11.9 Å². The topological polar surface area (TPSA) is 84.7 Å². The van der Waals surface area contributed by atoms with E-state index in [2.05, 4.69) is 26.2 Å². The molecule has 1 saturated heterocycles. The summed E-state index contributed by atoms with van der Waals surface area (Å²) in [6.07, 6.45) is 5.32. The van der Waals surface area contributed by atoms with Crippen molar-refractivity contribution in [3.8, 4) is 5.69 Å². The first-order valence-electron chi connectivity index (χ1n) is 7.18. The predicted octanol–water partition coefficient (Wildman–Crippen LogP) is 1.13. The molecule has 110 valence electrons. The van der Waals surface area contributed by atoms with Gasteiger partial charge < -0.3 is 10.6 Å². The summed E-state index contributed by atoms with van der Waals surface area (Å²) in [6, 6.07) is 7.95. The van der Waals surface area contributed by atoms with Gasteiger partial charge in [0.25, 0.3) is 0 Å². The van der Waals surface area contributed by atoms with Crippen LogP contribution < -0.4 is 10.6 Å². The fraction of sp³-hybridized carbons (Fsp3) is 0.429. The lowest BCUT2D eigenvalue weighted by atomic mass is 10.1. The molecule has 2 heterocycles. The Hall–Kier alpha value is -2.28. The predicted molar refractivity (Wildman–Crippen MR) is 78.0 cm³/mol. The van der Waals surface area contributed by atoms with Crippen LogP contribution >= 0.6 is 0 Å². The third-order valence-electron chi connectivity index (χ3n) is 3.63. The summed E-state index contributed by atoms with van der Waals surface area (Å²) in [5.74, 6) is 0.0394. The number of nitrogens with one attached hydrogen (secondary N) is 2. The van der Waals surface area contributed by atoms with Crippen molar-refractivity contribution in [1.82, 2.24) is 25.5 Å². The van der Waals surface area contributed by atoms with E-state index < -0.39 is 0 Å². The second-order valence-electron chi connectivity index (χ2n) is 5.18. The highest BCUT2D eigenvalue weighted by Gasteiger charge is 2.15. The number of tetrazole rings is 1. The van der Waals surface area contributed by atoms with Crippen LogP contribution in [0.1, 0.15) is 25.7 Å². The molecule has 0 saturated carbocycles. The average Bonchev–Trinajstić information content (AvgIpc) is 3.19. The molecule has 7 heteroatoms. The van der Waals surface area contributed by atoms with Crippen LogP contribution in [0.2, 0.25) is 0 Å². The molecule has 0 spiro atoms. The van der Waals surface area contributed by atoms with Crippen LogP contribution in [0.15, 0.2) is 30.6 Å². The van der Waals surface area contributed by atoms with Gasteiger partial charge in [0.15, 0.2) is 0 Å². The van der Waals surface area contributed by atoms with Crippen molar-refractivity contribution < 1.29 is 4.79 Å². The van der Waals surface area contributed by atoms with E-state index in [0.29, 0.717) is 12.5 Å². The van der Waals surface area contributed by atoms with E-state index in [0.717, 1.165) is 24.3 Å². The van der Waals surface area contributed by atoms with Crippen molar-refractivity contribution in [1.29, 1.82) is 0 Å². The molecule has 7 nitrogen and oxygen atoms in total. The zero-order chi connectivity index (χ0) is 14.5. The molecule has 1 amide bonds. The van der Waals surface area contributed by atoms with Gasteiger partial charge in [-0.1, -0.05) is 6.07 Å². The molecule has 21 heavy (non-hydrogen) atoms. The van der Waals surface area contributed by atoms with E-state index in [-0.39, 0.29) is 5.91 Å². The summed E-state index contributed by atoms with van der Waals surface area (Å²) >= 11 is 0. The van der Waals surface area contributed by atoms with Gasteiger partial charge in [-0.05, 0) is 54.4 Å². The molecule has 1 fully saturated rings. The number of rotatable bonds is 5. The van der Waals surface area contributed by atoms with Gasteiger partial charge in [0.05, 0.1) is 5.69 Å². The first kappa shape index (κ1) is 13.7. The molecular weight excluding hydrogens is 268 g/mol. The highest BCUT2D eigenvalue weighted by molar-refractivity contribution is 5.90. The van der Waals surface area contributed by atoms with E-state index in [9.17, 15) is 4.79 Å². The molecule has 1 atom stereocenters. The van der Waals surface area contributed by atoms with Crippen LogP contribution in [0.5, 0.6) is 0 Å². The maximum absolute atomic E-state index is 12.0. The Bertz CT molecular complexity index is 591. The van der Waals surface area contributed by atoms with E-state index in [4.69, 9.17) is 0 Å². The number of hydrogen-bond donors (Lipinski definition) is 2. The van der Waals surface area contributed by atoms with Crippen molar-refractivity contribution in [3.05, 3.63) is 30.6 Å². The van der Waals surface area contributed by atoms with Gasteiger partial charge >= 0.3 is 0 Å². The monoisotopic (exact) mass is 286 g/mol. The molecule has 2 N–H and O–H groups in total. The molecule has 0 aliphatic carbocycles. The molecule has 1 aliphatic rings. The largest absolute Gasteiger partial charge is 0.326 e. The van der Waals surface area contributed by atoms with Crippen LogP contribution in [0.3, 0.4) is 0 Å². The van der Waals surface area contributed by atoms with E-state index in [1.54, 1.807) is 4.68 Å². The van der Waals surface area contributed by atoms with Gasteiger partial charge in [0.2, 0.25) is 5.91 Å². The SMILES string of the molecule is O=C(CCC1CCCN1)Nc1cccc(-n2cnnn2)c1. The van der Waals surface area contributed by atoms with Crippen molar-refractivity contribution in [2.45, 2.75) is 31.7 Å². The molecule has 1 unspecified atom stereocenters. The smallest absolute Gasteiger partial charge is 0.224 e. The van der Waals surface area contributed by atoms with Crippen molar-refractivity contribution in [3.63, 3.8) is 0 Å². The zero-order valence-corrected chi connectivity index (χ0v) is 11.7. The molecule has 1 aromatic carbocycles. The van der Waals surface area contributed by atoms with Crippen molar-refractivity contribution >= 4 is 11.6 Å². The van der Waals surface area contributed by atoms with E-state index >= 15 is 0 Å². The molecular formula is C14H18N6O. The number of amides is 1. The Morgan fingerprint density at radius 3 is 3.19 bits per heavy atom. The Kier molecular flexibility index (Phi) is 4.20. The lowest BCUT2D eigenvalue weighted by Crippen LogP contribution is -2.23. The summed E-state index contributed by atoms with van der Waals surface area (Å²) in [6.45, 7) is 1.07. The second-order valence-corrected chi connectivity index (χ2v) is 5.18. The van der Waals surface area contributed by atoms with Crippen LogP contribution in [0.25, 0.3) is 5.69 Å². The summed E-state index contributed by atoms with van der Waals surface area (Å²) in [7, 11) is 0. The summed E-state index contributed by atoms with van der Waals surface area (Å²) in [5.41, 5.74) is 1.57. The quantitative estimate of drug-likeness (QED) is 0.860. The Labute approximate surface area is 122 Å². The molecule has 3 rings (SSSR count). The van der Waals surface area contributed by atoms with Gasteiger partial charge in [-0.15, -0.1) is 5.10 Å². The highest BCUT2D eigenvalue weighted by atomic mass is 16.1. The Morgan fingerprint density at radius 1 is 1.48 bits per heavy atom. The fourth-order valence-corrected chi connectivity index (χ4v) is 2.54. The molecule has 2 aromatic rings. The van der Waals surface area contributed by atoms with Crippen LogP contribution in [-0.4, -0.2) is 38.7 Å². The summed E-state index contributed by atoms with van der Waals surface area (Å²) in [5, 5.41) is 17.3. The third-order valence-corrected chi connectivity index (χ3v) is 3.63. The summed E-state index contributed by atoms with van der Waals surface area (Å²) in [4.78, 5) is 12.0. The van der Waals surface area contributed by atoms with Crippen LogP contribution in [-0.2, 0) is 4.79 Å². The third kappa shape index (κ3) is 3.63. The van der Waals surface area contributed by atoms with Gasteiger partial charge in [0, 0.05) is 18.2 Å². The number of hydrogen-bond acceptors (Lipinski definition) is 5. The zero-order valence-electron chi connectivity index (χ0n) is 11.7. The Morgan fingerprint density at radius 2 is 2.43 bits per heavy atom. The van der Waals surface area contributed by atoms with Crippen LogP contribution in [0.4, 0.5) is 5.69 Å². The standard InChI is InChI=1S/C14H18N6O/c21-14(7-6-11-4-2-8-15-11)17-12-3-1-5-13(9-12)20-10-16-18-19-20/h1,3,5,9-11,15H,2,4,6-8H2,(H,17,21). The number of carbonyl (C=O) groups is 1. The maximum atomic E-state index is 12.0. The molecule has 0 bridgehead atoms. The highest BCUT2D eigenvalue weighted by Crippen LogP contribution is 2.15. The van der Waals surface area contributed by atoms with E-state index in [1.165, 1.54) is 19.2 Å². The van der Waals surface area contributed by atoms with Crippen molar-refractivity contribution in [2.24, 2.45) is 0 Å². The maximum Gasteiger partial charge on any atom is 0.224 e. The van der Waals surface area contributed by atoms with Gasteiger partial charge in [-0.2, -0.15) is 0 Å². The minimum absolute atomic E-state index is 0.0394. The van der Waals surface area contributed by atoms with Crippen LogP contribution in [0, 0.1) is 0 Å². The number of benzene rings is 1. The average molecular weight is 286 g/mol.